The van der Waals surface area contributed by atoms with Gasteiger partial charge in [-0.2, -0.15) is 0 Å². The SMILES string of the molecule is C[C@@H](NCc1cc(F)ccc1F)c1ccccc1. The van der Waals surface area contributed by atoms with Crippen LogP contribution in [0.1, 0.15) is 24.1 Å². The predicted octanol–water partition coefficient (Wildman–Crippen LogP) is 3.82. The number of hydrogen-bond acceptors (Lipinski definition) is 1. The van der Waals surface area contributed by atoms with E-state index in [0.29, 0.717) is 12.1 Å². The largest absolute Gasteiger partial charge is 0.306 e. The van der Waals surface area contributed by atoms with Crippen LogP contribution in [-0.2, 0) is 6.54 Å². The molecule has 18 heavy (non-hydrogen) atoms. The molecule has 94 valence electrons. The number of hydrogen-bond donors (Lipinski definition) is 1. The normalized spacial score (nSPS) is 12.4. The maximum atomic E-state index is 13.4. The van der Waals surface area contributed by atoms with Gasteiger partial charge in [-0.3, -0.25) is 0 Å². The highest BCUT2D eigenvalue weighted by atomic mass is 19.1. The van der Waals surface area contributed by atoms with Crippen molar-refractivity contribution in [2.24, 2.45) is 0 Å². The maximum Gasteiger partial charge on any atom is 0.127 e. The van der Waals surface area contributed by atoms with Gasteiger partial charge in [0.2, 0.25) is 0 Å². The van der Waals surface area contributed by atoms with Gasteiger partial charge in [0, 0.05) is 18.2 Å². The Kier molecular flexibility index (Phi) is 4.05. The van der Waals surface area contributed by atoms with Gasteiger partial charge in [0.25, 0.3) is 0 Å². The molecule has 0 spiro atoms. The van der Waals surface area contributed by atoms with Crippen LogP contribution in [0.2, 0.25) is 0 Å². The summed E-state index contributed by atoms with van der Waals surface area (Å²) in [6, 6.07) is 13.4. The van der Waals surface area contributed by atoms with E-state index in [1.807, 2.05) is 37.3 Å². The van der Waals surface area contributed by atoms with Crippen LogP contribution in [0.3, 0.4) is 0 Å². The first-order valence-corrected chi connectivity index (χ1v) is 5.89. The Balaban J connectivity index is 2.01. The van der Waals surface area contributed by atoms with E-state index in [1.54, 1.807) is 0 Å². The molecule has 0 saturated carbocycles. The molecule has 0 fully saturated rings. The molecule has 0 radical (unpaired) electrons. The van der Waals surface area contributed by atoms with Crippen LogP contribution in [-0.4, -0.2) is 0 Å². The molecule has 2 rings (SSSR count). The average Bonchev–Trinajstić information content (AvgIpc) is 2.40. The summed E-state index contributed by atoms with van der Waals surface area (Å²) >= 11 is 0. The lowest BCUT2D eigenvalue weighted by Gasteiger charge is -2.14. The molecule has 0 aliphatic rings. The molecule has 1 N–H and O–H groups in total. The summed E-state index contributed by atoms with van der Waals surface area (Å²) in [7, 11) is 0. The predicted molar refractivity (Wildman–Crippen MR) is 68.1 cm³/mol. The Morgan fingerprint density at radius 3 is 2.50 bits per heavy atom. The monoisotopic (exact) mass is 247 g/mol. The van der Waals surface area contributed by atoms with Gasteiger partial charge in [0.1, 0.15) is 11.6 Å². The minimum Gasteiger partial charge on any atom is -0.306 e. The van der Waals surface area contributed by atoms with Crippen LogP contribution in [0.25, 0.3) is 0 Å². The van der Waals surface area contributed by atoms with Crippen LogP contribution in [0.5, 0.6) is 0 Å². The first-order chi connectivity index (χ1) is 8.66. The molecule has 2 aromatic rings. The molecule has 0 unspecified atom stereocenters. The lowest BCUT2D eigenvalue weighted by molar-refractivity contribution is 0.535. The summed E-state index contributed by atoms with van der Waals surface area (Å²) in [5.74, 6) is -0.801. The average molecular weight is 247 g/mol. The second-order valence-electron chi connectivity index (χ2n) is 4.25. The van der Waals surface area contributed by atoms with E-state index in [4.69, 9.17) is 0 Å². The smallest absolute Gasteiger partial charge is 0.127 e. The molecule has 1 atom stereocenters. The standard InChI is InChI=1S/C15H15F2N/c1-11(12-5-3-2-4-6-12)18-10-13-9-14(16)7-8-15(13)17/h2-9,11,18H,10H2,1H3/t11-/m1/s1. The molecule has 0 bridgehead atoms. The Morgan fingerprint density at radius 2 is 1.78 bits per heavy atom. The number of rotatable bonds is 4. The van der Waals surface area contributed by atoms with Crippen molar-refractivity contribution in [3.63, 3.8) is 0 Å². The van der Waals surface area contributed by atoms with Gasteiger partial charge in [-0.15, -0.1) is 0 Å². The zero-order chi connectivity index (χ0) is 13.0. The molecule has 0 aromatic heterocycles. The molecular formula is C15H15F2N. The first kappa shape index (κ1) is 12.7. The van der Waals surface area contributed by atoms with Crippen molar-refractivity contribution in [2.75, 3.05) is 0 Å². The van der Waals surface area contributed by atoms with Crippen LogP contribution in [0.15, 0.2) is 48.5 Å². The quantitative estimate of drug-likeness (QED) is 0.866. The third kappa shape index (κ3) is 3.14. The molecule has 3 heteroatoms. The summed E-state index contributed by atoms with van der Waals surface area (Å²) in [6.45, 7) is 2.30. The highest BCUT2D eigenvalue weighted by Gasteiger charge is 2.07. The number of halogens is 2. The van der Waals surface area contributed by atoms with E-state index in [-0.39, 0.29) is 11.9 Å². The summed E-state index contributed by atoms with van der Waals surface area (Å²) in [6.07, 6.45) is 0. The van der Waals surface area contributed by atoms with Crippen LogP contribution >= 0.6 is 0 Å². The van der Waals surface area contributed by atoms with Crippen molar-refractivity contribution in [1.29, 1.82) is 0 Å². The Hall–Kier alpha value is -1.74. The Morgan fingerprint density at radius 1 is 1.06 bits per heavy atom. The second-order valence-corrected chi connectivity index (χ2v) is 4.25. The van der Waals surface area contributed by atoms with E-state index in [1.165, 1.54) is 6.07 Å². The van der Waals surface area contributed by atoms with Crippen LogP contribution < -0.4 is 5.32 Å². The fourth-order valence-corrected chi connectivity index (χ4v) is 1.80. The lowest BCUT2D eigenvalue weighted by atomic mass is 10.1. The van der Waals surface area contributed by atoms with Gasteiger partial charge in [-0.1, -0.05) is 30.3 Å². The fourth-order valence-electron chi connectivity index (χ4n) is 1.80. The molecule has 0 aliphatic heterocycles. The molecule has 1 nitrogen and oxygen atoms in total. The topological polar surface area (TPSA) is 12.0 Å². The molecule has 0 saturated heterocycles. The van der Waals surface area contributed by atoms with Crippen molar-refractivity contribution in [3.8, 4) is 0 Å². The summed E-state index contributed by atoms with van der Waals surface area (Å²) in [5.41, 5.74) is 1.46. The van der Waals surface area contributed by atoms with Crippen molar-refractivity contribution in [1.82, 2.24) is 5.32 Å². The minimum absolute atomic E-state index is 0.0915. The second kappa shape index (κ2) is 5.74. The third-order valence-corrected chi connectivity index (χ3v) is 2.91. The van der Waals surface area contributed by atoms with Crippen LogP contribution in [0, 0.1) is 11.6 Å². The van der Waals surface area contributed by atoms with Crippen molar-refractivity contribution in [2.45, 2.75) is 19.5 Å². The number of benzene rings is 2. The van der Waals surface area contributed by atoms with Crippen molar-refractivity contribution in [3.05, 3.63) is 71.3 Å². The molecule has 0 amide bonds. The van der Waals surface area contributed by atoms with E-state index in [0.717, 1.165) is 17.7 Å². The lowest BCUT2D eigenvalue weighted by Crippen LogP contribution is -2.18. The van der Waals surface area contributed by atoms with Gasteiger partial charge in [-0.05, 0) is 30.7 Å². The van der Waals surface area contributed by atoms with E-state index >= 15 is 0 Å². The van der Waals surface area contributed by atoms with E-state index in [2.05, 4.69) is 5.32 Å². The highest BCUT2D eigenvalue weighted by molar-refractivity contribution is 5.21. The highest BCUT2D eigenvalue weighted by Crippen LogP contribution is 2.14. The van der Waals surface area contributed by atoms with Crippen molar-refractivity contribution < 1.29 is 8.78 Å². The van der Waals surface area contributed by atoms with Gasteiger partial charge < -0.3 is 5.32 Å². The van der Waals surface area contributed by atoms with E-state index < -0.39 is 5.82 Å². The molecule has 2 aromatic carbocycles. The summed E-state index contributed by atoms with van der Waals surface area (Å²) < 4.78 is 26.4. The van der Waals surface area contributed by atoms with Gasteiger partial charge in [0.05, 0.1) is 0 Å². The minimum atomic E-state index is -0.416. The first-order valence-electron chi connectivity index (χ1n) is 5.89. The number of nitrogens with one attached hydrogen (secondary N) is 1. The maximum absolute atomic E-state index is 13.4. The van der Waals surface area contributed by atoms with Gasteiger partial charge >= 0.3 is 0 Å². The van der Waals surface area contributed by atoms with Crippen LogP contribution in [0.4, 0.5) is 8.78 Å². The summed E-state index contributed by atoms with van der Waals surface area (Å²) in [5, 5.41) is 3.18. The zero-order valence-corrected chi connectivity index (χ0v) is 10.2. The zero-order valence-electron chi connectivity index (χ0n) is 10.2. The Bertz CT molecular complexity index is 511. The fraction of sp³-hybridized carbons (Fsp3) is 0.200. The molecule has 0 aliphatic carbocycles. The summed E-state index contributed by atoms with van der Waals surface area (Å²) in [4.78, 5) is 0. The van der Waals surface area contributed by atoms with Crippen molar-refractivity contribution >= 4 is 0 Å². The molecular weight excluding hydrogens is 232 g/mol. The van der Waals surface area contributed by atoms with Gasteiger partial charge in [-0.25, -0.2) is 8.78 Å². The Labute approximate surface area is 105 Å². The third-order valence-electron chi connectivity index (χ3n) is 2.91. The van der Waals surface area contributed by atoms with Gasteiger partial charge in [0.15, 0.2) is 0 Å². The van der Waals surface area contributed by atoms with E-state index in [9.17, 15) is 8.78 Å². The molecule has 0 heterocycles.